The van der Waals surface area contributed by atoms with Crippen molar-refractivity contribution in [2.75, 3.05) is 6.61 Å². The third kappa shape index (κ3) is 1.60. The largest absolute Gasteiger partial charge is 0.396 e. The maximum absolute atomic E-state index is 9.30. The summed E-state index contributed by atoms with van der Waals surface area (Å²) >= 11 is 0. The second-order valence-electron chi connectivity index (χ2n) is 3.31. The van der Waals surface area contributed by atoms with E-state index in [0.29, 0.717) is 6.42 Å². The minimum absolute atomic E-state index is 0.224. The van der Waals surface area contributed by atoms with Crippen LogP contribution >= 0.6 is 0 Å². The third-order valence-corrected chi connectivity index (χ3v) is 2.43. The van der Waals surface area contributed by atoms with Gasteiger partial charge in [0.15, 0.2) is 0 Å². The van der Waals surface area contributed by atoms with Gasteiger partial charge in [-0.3, -0.25) is 0 Å². The molecule has 0 radical (unpaired) electrons. The molecule has 0 amide bonds. The Bertz CT molecular complexity index is 150. The number of aliphatic hydroxyl groups excluding tert-OH is 4. The van der Waals surface area contributed by atoms with Crippen LogP contribution in [-0.2, 0) is 0 Å². The number of nitrogens with two attached hydrogens (primary N) is 1. The zero-order chi connectivity index (χ0) is 9.30. The fraction of sp³-hybridized carbons (Fsp3) is 1.00. The standard InChI is InChI=1S/C7H15NO4/c8-4-1-3(2-9)5(10)7(12)6(4)11/h3-7,9-12H,1-2,8H2/t3-,4+,5-,6-,7+/m1/s1. The summed E-state index contributed by atoms with van der Waals surface area (Å²) in [6.45, 7) is -0.224. The van der Waals surface area contributed by atoms with Crippen molar-refractivity contribution in [3.05, 3.63) is 0 Å². The van der Waals surface area contributed by atoms with Crippen molar-refractivity contribution in [3.8, 4) is 0 Å². The van der Waals surface area contributed by atoms with Gasteiger partial charge in [-0.25, -0.2) is 0 Å². The van der Waals surface area contributed by atoms with Gasteiger partial charge in [-0.2, -0.15) is 0 Å². The summed E-state index contributed by atoms with van der Waals surface area (Å²) in [5.41, 5.74) is 5.46. The predicted molar refractivity (Wildman–Crippen MR) is 41.2 cm³/mol. The molecule has 1 aliphatic rings. The van der Waals surface area contributed by atoms with Gasteiger partial charge in [0, 0.05) is 18.6 Å². The summed E-state index contributed by atoms with van der Waals surface area (Å²) in [6, 6.07) is -0.569. The van der Waals surface area contributed by atoms with E-state index in [1.807, 2.05) is 0 Å². The molecular weight excluding hydrogens is 162 g/mol. The van der Waals surface area contributed by atoms with Crippen LogP contribution in [0, 0.1) is 5.92 Å². The molecule has 1 aliphatic carbocycles. The van der Waals surface area contributed by atoms with Crippen LogP contribution in [0.25, 0.3) is 0 Å². The maximum Gasteiger partial charge on any atom is 0.108 e. The Kier molecular flexibility index (Phi) is 3.03. The fourth-order valence-corrected chi connectivity index (χ4v) is 1.55. The maximum atomic E-state index is 9.30. The lowest BCUT2D eigenvalue weighted by atomic mass is 9.80. The van der Waals surface area contributed by atoms with Crippen molar-refractivity contribution in [1.29, 1.82) is 0 Å². The van der Waals surface area contributed by atoms with E-state index >= 15 is 0 Å². The predicted octanol–water partition coefficient (Wildman–Crippen LogP) is -2.59. The summed E-state index contributed by atoms with van der Waals surface area (Å²) in [4.78, 5) is 0. The zero-order valence-corrected chi connectivity index (χ0v) is 6.67. The highest BCUT2D eigenvalue weighted by Gasteiger charge is 2.40. The van der Waals surface area contributed by atoms with E-state index in [1.54, 1.807) is 0 Å². The van der Waals surface area contributed by atoms with Crippen LogP contribution < -0.4 is 5.73 Å². The van der Waals surface area contributed by atoms with E-state index in [-0.39, 0.29) is 6.61 Å². The van der Waals surface area contributed by atoms with E-state index in [0.717, 1.165) is 0 Å². The van der Waals surface area contributed by atoms with Crippen molar-refractivity contribution < 1.29 is 20.4 Å². The molecule has 0 unspecified atom stereocenters. The summed E-state index contributed by atoms with van der Waals surface area (Å²) in [5.74, 6) is -0.432. The summed E-state index contributed by atoms with van der Waals surface area (Å²) in [7, 11) is 0. The van der Waals surface area contributed by atoms with Gasteiger partial charge in [0.1, 0.15) is 6.10 Å². The van der Waals surface area contributed by atoms with Gasteiger partial charge in [0.2, 0.25) is 0 Å². The molecule has 0 aromatic carbocycles. The van der Waals surface area contributed by atoms with E-state index < -0.39 is 30.3 Å². The highest BCUT2D eigenvalue weighted by Crippen LogP contribution is 2.24. The Morgan fingerprint density at radius 3 is 2.17 bits per heavy atom. The van der Waals surface area contributed by atoms with Crippen molar-refractivity contribution in [2.45, 2.75) is 30.8 Å². The summed E-state index contributed by atoms with van der Waals surface area (Å²) < 4.78 is 0. The van der Waals surface area contributed by atoms with Crippen LogP contribution in [0.4, 0.5) is 0 Å². The Hall–Kier alpha value is -0.200. The molecule has 0 spiro atoms. The smallest absolute Gasteiger partial charge is 0.108 e. The SMILES string of the molecule is N[C@H]1C[C@H](CO)[C@@H](O)[C@H](O)[C@@H]1O. The molecule has 0 heterocycles. The highest BCUT2D eigenvalue weighted by molar-refractivity contribution is 4.94. The second-order valence-corrected chi connectivity index (χ2v) is 3.31. The molecule has 5 atom stereocenters. The number of rotatable bonds is 1. The molecule has 5 nitrogen and oxygen atoms in total. The van der Waals surface area contributed by atoms with E-state index in [9.17, 15) is 15.3 Å². The summed E-state index contributed by atoms with van der Waals surface area (Å²) in [5, 5.41) is 36.5. The molecule has 0 aliphatic heterocycles. The third-order valence-electron chi connectivity index (χ3n) is 2.43. The lowest BCUT2D eigenvalue weighted by Gasteiger charge is -2.38. The first-order valence-corrected chi connectivity index (χ1v) is 3.98. The monoisotopic (exact) mass is 177 g/mol. The van der Waals surface area contributed by atoms with Gasteiger partial charge in [0.25, 0.3) is 0 Å². The Labute approximate surface area is 70.4 Å². The fourth-order valence-electron chi connectivity index (χ4n) is 1.55. The van der Waals surface area contributed by atoms with E-state index in [2.05, 4.69) is 0 Å². The number of hydrogen-bond acceptors (Lipinski definition) is 5. The van der Waals surface area contributed by atoms with Gasteiger partial charge in [-0.1, -0.05) is 0 Å². The first-order chi connectivity index (χ1) is 5.57. The van der Waals surface area contributed by atoms with Gasteiger partial charge in [0.05, 0.1) is 12.2 Å². The first-order valence-electron chi connectivity index (χ1n) is 3.98. The highest BCUT2D eigenvalue weighted by atomic mass is 16.4. The van der Waals surface area contributed by atoms with Crippen molar-refractivity contribution >= 4 is 0 Å². The zero-order valence-electron chi connectivity index (χ0n) is 6.67. The first kappa shape index (κ1) is 9.88. The van der Waals surface area contributed by atoms with Crippen molar-refractivity contribution in [2.24, 2.45) is 11.7 Å². The van der Waals surface area contributed by atoms with Crippen LogP contribution in [0.1, 0.15) is 6.42 Å². The van der Waals surface area contributed by atoms with Crippen molar-refractivity contribution in [1.82, 2.24) is 0 Å². The quantitative estimate of drug-likeness (QED) is 0.302. The lowest BCUT2D eigenvalue weighted by Crippen LogP contribution is -2.57. The van der Waals surface area contributed by atoms with E-state index in [1.165, 1.54) is 0 Å². The van der Waals surface area contributed by atoms with Gasteiger partial charge >= 0.3 is 0 Å². The molecular formula is C7H15NO4. The number of aliphatic hydroxyl groups is 4. The van der Waals surface area contributed by atoms with Crippen LogP contribution in [0.3, 0.4) is 0 Å². The molecule has 12 heavy (non-hydrogen) atoms. The average Bonchev–Trinajstić information content (AvgIpc) is 2.08. The van der Waals surface area contributed by atoms with Crippen molar-refractivity contribution in [3.63, 3.8) is 0 Å². The average molecular weight is 177 g/mol. The molecule has 6 N–H and O–H groups in total. The topological polar surface area (TPSA) is 107 Å². The molecule has 0 saturated heterocycles. The molecule has 1 saturated carbocycles. The van der Waals surface area contributed by atoms with Gasteiger partial charge in [-0.05, 0) is 6.42 Å². The van der Waals surface area contributed by atoms with Crippen LogP contribution in [0.5, 0.6) is 0 Å². The lowest BCUT2D eigenvalue weighted by molar-refractivity contribution is -0.125. The minimum Gasteiger partial charge on any atom is -0.396 e. The molecule has 5 heteroatoms. The number of hydrogen-bond donors (Lipinski definition) is 5. The molecule has 72 valence electrons. The summed E-state index contributed by atoms with van der Waals surface area (Å²) in [6.07, 6.45) is -3.09. The van der Waals surface area contributed by atoms with Crippen LogP contribution in [0.2, 0.25) is 0 Å². The van der Waals surface area contributed by atoms with Gasteiger partial charge in [-0.15, -0.1) is 0 Å². The normalized spacial score (nSPS) is 49.2. The second kappa shape index (κ2) is 3.68. The Morgan fingerprint density at radius 1 is 1.08 bits per heavy atom. The molecule has 0 bridgehead atoms. The van der Waals surface area contributed by atoms with Crippen LogP contribution in [-0.4, -0.2) is 51.4 Å². The van der Waals surface area contributed by atoms with E-state index in [4.69, 9.17) is 10.8 Å². The minimum atomic E-state index is -1.24. The molecule has 0 aromatic heterocycles. The van der Waals surface area contributed by atoms with Crippen LogP contribution in [0.15, 0.2) is 0 Å². The Morgan fingerprint density at radius 2 is 1.67 bits per heavy atom. The van der Waals surface area contributed by atoms with Gasteiger partial charge < -0.3 is 26.2 Å². The Balaban J connectivity index is 2.63. The molecule has 1 rings (SSSR count). The molecule has 1 fully saturated rings. The molecule has 0 aromatic rings.